The number of ether oxygens (including phenoxy) is 1. The third-order valence-electron chi connectivity index (χ3n) is 4.37. The largest absolute Gasteiger partial charge is 0.465 e. The van der Waals surface area contributed by atoms with Gasteiger partial charge in [-0.3, -0.25) is 9.78 Å². The molecule has 3 heterocycles. The zero-order valence-electron chi connectivity index (χ0n) is 14.9. The summed E-state index contributed by atoms with van der Waals surface area (Å²) in [5, 5.41) is 0. The molecule has 0 spiro atoms. The Labute approximate surface area is 158 Å². The Morgan fingerprint density at radius 1 is 1.00 bits per heavy atom. The number of aromatic nitrogens is 2. The summed E-state index contributed by atoms with van der Waals surface area (Å²) in [5.41, 5.74) is -0.349. The minimum absolute atomic E-state index is 0.203. The molecule has 3 rings (SSSR count). The van der Waals surface area contributed by atoms with E-state index in [1.807, 2.05) is 4.90 Å². The fourth-order valence-electron chi connectivity index (χ4n) is 2.80. The van der Waals surface area contributed by atoms with Gasteiger partial charge in [-0.15, -0.1) is 0 Å². The van der Waals surface area contributed by atoms with E-state index in [4.69, 9.17) is 0 Å². The number of hydrogen-bond donors (Lipinski definition) is 0. The topological polar surface area (TPSA) is 75.6 Å². The van der Waals surface area contributed by atoms with Gasteiger partial charge in [-0.25, -0.2) is 9.78 Å². The lowest BCUT2D eigenvalue weighted by Gasteiger charge is -2.35. The fraction of sp³-hybridized carbons (Fsp3) is 0.333. The van der Waals surface area contributed by atoms with Crippen molar-refractivity contribution < 1.29 is 27.5 Å². The van der Waals surface area contributed by atoms with Crippen LogP contribution in [0.5, 0.6) is 0 Å². The van der Waals surface area contributed by atoms with Crippen LogP contribution in [-0.2, 0) is 10.9 Å². The van der Waals surface area contributed by atoms with E-state index in [1.165, 1.54) is 31.5 Å². The summed E-state index contributed by atoms with van der Waals surface area (Å²) < 4.78 is 42.5. The van der Waals surface area contributed by atoms with E-state index in [9.17, 15) is 22.8 Å². The average molecular weight is 394 g/mol. The molecule has 0 N–H and O–H groups in total. The Kier molecular flexibility index (Phi) is 5.48. The van der Waals surface area contributed by atoms with Crippen LogP contribution in [0.1, 0.15) is 26.4 Å². The van der Waals surface area contributed by atoms with E-state index in [2.05, 4.69) is 14.7 Å². The molecule has 0 aromatic carbocycles. The summed E-state index contributed by atoms with van der Waals surface area (Å²) in [6, 6.07) is 5.24. The Balaban J connectivity index is 1.60. The molecule has 0 bridgehead atoms. The van der Waals surface area contributed by atoms with Crippen LogP contribution in [0.2, 0.25) is 0 Å². The van der Waals surface area contributed by atoms with Crippen molar-refractivity contribution >= 4 is 17.7 Å². The van der Waals surface area contributed by atoms with Crippen molar-refractivity contribution in [2.75, 3.05) is 38.2 Å². The molecule has 1 aliphatic rings. The summed E-state index contributed by atoms with van der Waals surface area (Å²) in [4.78, 5) is 35.2. The third-order valence-corrected chi connectivity index (χ3v) is 4.37. The lowest BCUT2D eigenvalue weighted by Crippen LogP contribution is -2.49. The molecule has 7 nitrogen and oxygen atoms in total. The predicted octanol–water partition coefficient (Wildman–Crippen LogP) is 2.24. The SMILES string of the molecule is COC(=O)c1ccc(C(=O)N2CCN(c3ccc(C(F)(F)F)cn3)CC2)nc1. The molecule has 0 unspecified atom stereocenters. The molecule has 0 atom stereocenters. The van der Waals surface area contributed by atoms with Crippen LogP contribution in [0.3, 0.4) is 0 Å². The van der Waals surface area contributed by atoms with E-state index < -0.39 is 17.7 Å². The zero-order chi connectivity index (χ0) is 20.3. The number of carbonyl (C=O) groups excluding carboxylic acids is 2. The third kappa shape index (κ3) is 4.21. The van der Waals surface area contributed by atoms with Gasteiger partial charge in [0.05, 0.1) is 18.2 Å². The molecule has 1 saturated heterocycles. The first-order valence-corrected chi connectivity index (χ1v) is 8.41. The van der Waals surface area contributed by atoms with Gasteiger partial charge in [0.15, 0.2) is 0 Å². The van der Waals surface area contributed by atoms with E-state index in [0.29, 0.717) is 32.0 Å². The van der Waals surface area contributed by atoms with Crippen LogP contribution in [-0.4, -0.2) is 60.0 Å². The van der Waals surface area contributed by atoms with Gasteiger partial charge >= 0.3 is 12.1 Å². The molecule has 148 valence electrons. The maximum absolute atomic E-state index is 12.6. The van der Waals surface area contributed by atoms with Crippen molar-refractivity contribution in [3.8, 4) is 0 Å². The second kappa shape index (κ2) is 7.83. The molecular weight excluding hydrogens is 377 g/mol. The molecule has 0 radical (unpaired) electrons. The maximum atomic E-state index is 12.6. The molecule has 2 aromatic heterocycles. The van der Waals surface area contributed by atoms with Crippen LogP contribution in [0.25, 0.3) is 0 Å². The highest BCUT2D eigenvalue weighted by Crippen LogP contribution is 2.29. The molecule has 28 heavy (non-hydrogen) atoms. The van der Waals surface area contributed by atoms with Crippen LogP contribution < -0.4 is 4.90 Å². The number of pyridine rings is 2. The minimum atomic E-state index is -4.42. The van der Waals surface area contributed by atoms with Gasteiger partial charge in [-0.2, -0.15) is 13.2 Å². The van der Waals surface area contributed by atoms with Gasteiger partial charge in [0.1, 0.15) is 11.5 Å². The Morgan fingerprint density at radius 3 is 2.21 bits per heavy atom. The number of amides is 1. The molecule has 10 heteroatoms. The number of carbonyl (C=O) groups is 2. The van der Waals surface area contributed by atoms with Gasteiger partial charge in [-0.1, -0.05) is 0 Å². The van der Waals surface area contributed by atoms with Crippen LogP contribution in [0.4, 0.5) is 19.0 Å². The number of methoxy groups -OCH3 is 1. The average Bonchev–Trinajstić information content (AvgIpc) is 2.72. The van der Waals surface area contributed by atoms with Crippen LogP contribution in [0.15, 0.2) is 36.7 Å². The van der Waals surface area contributed by atoms with Crippen LogP contribution in [0, 0.1) is 0 Å². The van der Waals surface area contributed by atoms with E-state index >= 15 is 0 Å². The zero-order valence-corrected chi connectivity index (χ0v) is 14.9. The summed E-state index contributed by atoms with van der Waals surface area (Å²) in [6.45, 7) is 1.62. The van der Waals surface area contributed by atoms with Gasteiger partial charge < -0.3 is 14.5 Å². The number of piperazine rings is 1. The highest BCUT2D eigenvalue weighted by atomic mass is 19.4. The van der Waals surface area contributed by atoms with Crippen molar-refractivity contribution in [1.82, 2.24) is 14.9 Å². The van der Waals surface area contributed by atoms with Crippen molar-refractivity contribution in [1.29, 1.82) is 0 Å². The molecule has 1 fully saturated rings. The molecule has 1 amide bonds. The molecule has 1 aliphatic heterocycles. The number of alkyl halides is 3. The summed E-state index contributed by atoms with van der Waals surface area (Å²) in [5.74, 6) is -0.388. The van der Waals surface area contributed by atoms with E-state index in [0.717, 1.165) is 12.3 Å². The molecule has 0 aliphatic carbocycles. The fourth-order valence-corrected chi connectivity index (χ4v) is 2.80. The minimum Gasteiger partial charge on any atom is -0.465 e. The summed E-state index contributed by atoms with van der Waals surface area (Å²) >= 11 is 0. The highest BCUT2D eigenvalue weighted by molar-refractivity contribution is 5.94. The first-order chi connectivity index (χ1) is 13.3. The maximum Gasteiger partial charge on any atom is 0.417 e. The number of esters is 1. The number of nitrogens with zero attached hydrogens (tertiary/aromatic N) is 4. The quantitative estimate of drug-likeness (QED) is 0.744. The lowest BCUT2D eigenvalue weighted by molar-refractivity contribution is -0.137. The second-order valence-electron chi connectivity index (χ2n) is 6.11. The number of rotatable bonds is 3. The van der Waals surface area contributed by atoms with E-state index in [1.54, 1.807) is 4.90 Å². The summed E-state index contributed by atoms with van der Waals surface area (Å²) in [7, 11) is 1.26. The molecule has 2 aromatic rings. The number of hydrogen-bond acceptors (Lipinski definition) is 6. The van der Waals surface area contributed by atoms with Crippen molar-refractivity contribution in [3.05, 3.63) is 53.5 Å². The number of anilines is 1. The summed E-state index contributed by atoms with van der Waals surface area (Å²) in [6.07, 6.45) is -2.34. The Bertz CT molecular complexity index is 846. The first kappa shape index (κ1) is 19.6. The van der Waals surface area contributed by atoms with Gasteiger partial charge in [0.2, 0.25) is 0 Å². The monoisotopic (exact) mass is 394 g/mol. The van der Waals surface area contributed by atoms with Crippen molar-refractivity contribution in [3.63, 3.8) is 0 Å². The van der Waals surface area contributed by atoms with Crippen molar-refractivity contribution in [2.24, 2.45) is 0 Å². The smallest absolute Gasteiger partial charge is 0.417 e. The standard InChI is InChI=1S/C18H17F3N4O3/c1-28-17(27)12-2-4-14(22-10-12)16(26)25-8-6-24(7-9-25)15-5-3-13(11-23-15)18(19,20)21/h2-5,10-11H,6-9H2,1H3. The molecule has 0 saturated carbocycles. The van der Waals surface area contributed by atoms with Gasteiger partial charge in [0, 0.05) is 38.6 Å². The van der Waals surface area contributed by atoms with Gasteiger partial charge in [0.25, 0.3) is 5.91 Å². The van der Waals surface area contributed by atoms with E-state index in [-0.39, 0.29) is 17.2 Å². The van der Waals surface area contributed by atoms with Crippen LogP contribution >= 0.6 is 0 Å². The lowest BCUT2D eigenvalue weighted by atomic mass is 10.2. The van der Waals surface area contributed by atoms with Gasteiger partial charge in [-0.05, 0) is 24.3 Å². The second-order valence-corrected chi connectivity index (χ2v) is 6.11. The number of halogens is 3. The highest BCUT2D eigenvalue weighted by Gasteiger charge is 2.31. The molecular formula is C18H17F3N4O3. The normalized spacial score (nSPS) is 14.7. The van der Waals surface area contributed by atoms with Crippen molar-refractivity contribution in [2.45, 2.75) is 6.18 Å². The Morgan fingerprint density at radius 2 is 1.71 bits per heavy atom. The predicted molar refractivity (Wildman–Crippen MR) is 92.9 cm³/mol. The Hall–Kier alpha value is -3.17. The first-order valence-electron chi connectivity index (χ1n) is 8.41.